The van der Waals surface area contributed by atoms with E-state index in [0.717, 1.165) is 0 Å². The van der Waals surface area contributed by atoms with Gasteiger partial charge >= 0.3 is 10.8 Å². The van der Waals surface area contributed by atoms with Crippen LogP contribution in [0.15, 0.2) is 5.16 Å². The van der Waals surface area contributed by atoms with Crippen molar-refractivity contribution in [3.63, 3.8) is 0 Å². The van der Waals surface area contributed by atoms with Crippen LogP contribution in [0.5, 0.6) is 0 Å². The number of oxime groups is 1. The van der Waals surface area contributed by atoms with Gasteiger partial charge in [0.1, 0.15) is 0 Å². The van der Waals surface area contributed by atoms with Gasteiger partial charge in [-0.25, -0.2) is 0 Å². The van der Waals surface area contributed by atoms with Gasteiger partial charge in [0.25, 0.3) is 0 Å². The lowest BCUT2D eigenvalue weighted by Gasteiger charge is -2.39. The Kier molecular flexibility index (Phi) is 3.86. The lowest BCUT2D eigenvalue weighted by Crippen LogP contribution is -2.61. The lowest BCUT2D eigenvalue weighted by molar-refractivity contribution is -0.232. The maximum absolute atomic E-state index is 13.0. The molecule has 17 heavy (non-hydrogen) atoms. The fourth-order valence-electron chi connectivity index (χ4n) is 1.95. The molecular formula is C8H9Cl2F4NO2. The smallest absolute Gasteiger partial charge is 0.357 e. The molecule has 3 nitrogen and oxygen atoms in total. The standard InChI is InChI=1S/C8H9Cl2F4NO2/c9-7(11,12)6(16,8(10,13)14)4-2-1-3-5(4)15-17/h4,16-17H,1-3H2/b15-5+. The van der Waals surface area contributed by atoms with Gasteiger partial charge < -0.3 is 10.3 Å². The highest BCUT2D eigenvalue weighted by Gasteiger charge is 2.71. The van der Waals surface area contributed by atoms with Gasteiger partial charge in [-0.15, -0.1) is 0 Å². The van der Waals surface area contributed by atoms with E-state index >= 15 is 0 Å². The van der Waals surface area contributed by atoms with Crippen LogP contribution in [0.25, 0.3) is 0 Å². The Hall–Kier alpha value is -0.270. The van der Waals surface area contributed by atoms with E-state index in [1.807, 2.05) is 0 Å². The van der Waals surface area contributed by atoms with Gasteiger partial charge in [0.2, 0.25) is 5.60 Å². The van der Waals surface area contributed by atoms with E-state index in [2.05, 4.69) is 28.4 Å². The van der Waals surface area contributed by atoms with Crippen molar-refractivity contribution in [3.8, 4) is 0 Å². The van der Waals surface area contributed by atoms with Crippen LogP contribution in [0, 0.1) is 5.92 Å². The molecule has 1 rings (SSSR count). The van der Waals surface area contributed by atoms with E-state index < -0.39 is 22.3 Å². The fraction of sp³-hybridized carbons (Fsp3) is 0.875. The zero-order valence-electron chi connectivity index (χ0n) is 8.31. The summed E-state index contributed by atoms with van der Waals surface area (Å²) in [7, 11) is 0. The molecule has 1 fully saturated rings. The largest absolute Gasteiger partial charge is 0.411 e. The van der Waals surface area contributed by atoms with Crippen LogP contribution in [0.3, 0.4) is 0 Å². The molecule has 0 aliphatic heterocycles. The van der Waals surface area contributed by atoms with Crippen molar-refractivity contribution < 1.29 is 27.9 Å². The van der Waals surface area contributed by atoms with E-state index in [1.54, 1.807) is 0 Å². The first-order valence-corrected chi connectivity index (χ1v) is 5.38. The van der Waals surface area contributed by atoms with Crippen LogP contribution >= 0.6 is 23.2 Å². The normalized spacial score (nSPS) is 25.6. The summed E-state index contributed by atoms with van der Waals surface area (Å²) >= 11 is 9.09. The van der Waals surface area contributed by atoms with E-state index in [0.29, 0.717) is 0 Å². The summed E-state index contributed by atoms with van der Waals surface area (Å²) < 4.78 is 52.2. The highest BCUT2D eigenvalue weighted by molar-refractivity contribution is 6.26. The van der Waals surface area contributed by atoms with Gasteiger partial charge in [-0.2, -0.15) is 17.6 Å². The second kappa shape index (κ2) is 4.44. The summed E-state index contributed by atoms with van der Waals surface area (Å²) in [6.07, 6.45) is 0.0102. The molecule has 9 heteroatoms. The van der Waals surface area contributed by atoms with Crippen LogP contribution in [0.2, 0.25) is 0 Å². The van der Waals surface area contributed by atoms with Gasteiger partial charge in [0, 0.05) is 5.92 Å². The summed E-state index contributed by atoms with van der Waals surface area (Å²) in [5, 5.41) is 11.4. The van der Waals surface area contributed by atoms with Gasteiger partial charge in [-0.3, -0.25) is 0 Å². The Morgan fingerprint density at radius 3 is 2.00 bits per heavy atom. The Morgan fingerprint density at radius 1 is 1.18 bits per heavy atom. The average Bonchev–Trinajstić information content (AvgIpc) is 2.60. The third-order valence-electron chi connectivity index (χ3n) is 2.83. The monoisotopic (exact) mass is 297 g/mol. The Labute approximate surface area is 104 Å². The molecular weight excluding hydrogens is 289 g/mol. The highest BCUT2D eigenvalue weighted by atomic mass is 35.5. The fourth-order valence-corrected chi connectivity index (χ4v) is 2.50. The summed E-state index contributed by atoms with van der Waals surface area (Å²) in [5.41, 5.74) is -4.37. The Morgan fingerprint density at radius 2 is 1.65 bits per heavy atom. The average molecular weight is 298 g/mol. The maximum Gasteiger partial charge on any atom is 0.357 e. The van der Waals surface area contributed by atoms with E-state index in [1.165, 1.54) is 0 Å². The minimum absolute atomic E-state index is 0.0173. The zero-order valence-corrected chi connectivity index (χ0v) is 9.82. The molecule has 1 aliphatic rings. The molecule has 0 amide bonds. The van der Waals surface area contributed by atoms with E-state index in [-0.39, 0.29) is 25.0 Å². The third-order valence-corrected chi connectivity index (χ3v) is 3.40. The van der Waals surface area contributed by atoms with Crippen molar-refractivity contribution in [3.05, 3.63) is 0 Å². The summed E-state index contributed by atoms with van der Waals surface area (Å²) in [4.78, 5) is 0. The van der Waals surface area contributed by atoms with Crippen molar-refractivity contribution in [2.45, 2.75) is 35.6 Å². The molecule has 1 atom stereocenters. The van der Waals surface area contributed by atoms with E-state index in [9.17, 15) is 22.7 Å². The first kappa shape index (κ1) is 14.8. The molecule has 0 saturated heterocycles. The van der Waals surface area contributed by atoms with Crippen LogP contribution < -0.4 is 0 Å². The minimum atomic E-state index is -4.66. The first-order valence-electron chi connectivity index (χ1n) is 4.62. The summed E-state index contributed by atoms with van der Waals surface area (Å²) in [6, 6.07) is 0. The topological polar surface area (TPSA) is 52.8 Å². The summed E-state index contributed by atoms with van der Waals surface area (Å²) in [6.45, 7) is 0. The van der Waals surface area contributed by atoms with Crippen molar-refractivity contribution in [1.82, 2.24) is 0 Å². The molecule has 0 heterocycles. The second-order valence-electron chi connectivity index (χ2n) is 3.80. The van der Waals surface area contributed by atoms with Gasteiger partial charge in [0.15, 0.2) is 0 Å². The van der Waals surface area contributed by atoms with Crippen LogP contribution in [-0.2, 0) is 0 Å². The molecule has 1 unspecified atom stereocenters. The number of hydrogen-bond donors (Lipinski definition) is 2. The van der Waals surface area contributed by atoms with Crippen LogP contribution in [0.1, 0.15) is 19.3 Å². The molecule has 0 spiro atoms. The van der Waals surface area contributed by atoms with Crippen molar-refractivity contribution in [2.75, 3.05) is 0 Å². The number of nitrogens with zero attached hydrogens (tertiary/aromatic N) is 1. The predicted octanol–water partition coefficient (Wildman–Crippen LogP) is 3.01. The highest BCUT2D eigenvalue weighted by Crippen LogP contribution is 2.53. The molecule has 100 valence electrons. The Bertz CT molecular complexity index is 312. The number of aliphatic hydroxyl groups is 1. The molecule has 0 radical (unpaired) electrons. The third kappa shape index (κ3) is 2.32. The SMILES string of the molecule is O/N=C1\CCCC1C(O)(C(F)(F)Cl)C(F)(F)Cl. The number of rotatable bonds is 3. The quantitative estimate of drug-likeness (QED) is 0.364. The second-order valence-corrected chi connectivity index (χ2v) is 4.75. The number of halogens is 6. The van der Waals surface area contributed by atoms with E-state index in [4.69, 9.17) is 5.21 Å². The lowest BCUT2D eigenvalue weighted by atomic mass is 9.85. The van der Waals surface area contributed by atoms with Crippen molar-refractivity contribution in [1.29, 1.82) is 0 Å². The molecule has 1 aliphatic carbocycles. The number of alkyl halides is 6. The van der Waals surface area contributed by atoms with Crippen LogP contribution in [0.4, 0.5) is 17.6 Å². The van der Waals surface area contributed by atoms with Crippen LogP contribution in [-0.4, -0.2) is 32.4 Å². The molecule has 0 bridgehead atoms. The van der Waals surface area contributed by atoms with Crippen molar-refractivity contribution >= 4 is 28.9 Å². The minimum Gasteiger partial charge on any atom is -0.411 e. The Balaban J connectivity index is 3.26. The molecule has 0 aromatic carbocycles. The van der Waals surface area contributed by atoms with Crippen molar-refractivity contribution in [2.24, 2.45) is 11.1 Å². The van der Waals surface area contributed by atoms with Gasteiger partial charge in [-0.1, -0.05) is 5.16 Å². The maximum atomic E-state index is 13.0. The number of hydrogen-bond acceptors (Lipinski definition) is 3. The van der Waals surface area contributed by atoms with Gasteiger partial charge in [-0.05, 0) is 42.5 Å². The van der Waals surface area contributed by atoms with Gasteiger partial charge in [0.05, 0.1) is 5.71 Å². The molecule has 0 aromatic rings. The molecule has 2 N–H and O–H groups in total. The molecule has 1 saturated carbocycles. The molecule has 0 aromatic heterocycles. The zero-order chi connectivity index (χ0) is 13.5. The predicted molar refractivity (Wildman–Crippen MR) is 53.1 cm³/mol. The first-order chi connectivity index (χ1) is 7.55. The summed E-state index contributed by atoms with van der Waals surface area (Å²) in [5.74, 6) is -1.80.